The van der Waals surface area contributed by atoms with Gasteiger partial charge in [-0.1, -0.05) is 25.1 Å². The van der Waals surface area contributed by atoms with E-state index in [0.717, 1.165) is 12.1 Å². The molecular weight excluding hydrogens is 184 g/mol. The number of allylic oxidation sites excluding steroid dienone is 3. The summed E-state index contributed by atoms with van der Waals surface area (Å²) in [6, 6.07) is 6.34. The van der Waals surface area contributed by atoms with Crippen LogP contribution in [0.5, 0.6) is 0 Å². The molecular formula is C13H16N2. The molecule has 0 aromatic carbocycles. The molecule has 2 heteroatoms. The Bertz CT molecular complexity index is 379. The summed E-state index contributed by atoms with van der Waals surface area (Å²) in [5, 5.41) is 0. The molecule has 1 atom stereocenters. The van der Waals surface area contributed by atoms with Crippen LogP contribution in [0.15, 0.2) is 48.3 Å². The van der Waals surface area contributed by atoms with Crippen molar-refractivity contribution in [2.24, 2.45) is 0 Å². The number of likely N-dealkylation sites (N-methyl/N-ethyl adjacent to an activating group) is 1. The Hall–Kier alpha value is -1.57. The van der Waals surface area contributed by atoms with E-state index in [1.807, 2.05) is 18.3 Å². The number of hydrogen-bond donors (Lipinski definition) is 0. The second kappa shape index (κ2) is 4.30. The Morgan fingerprint density at radius 2 is 2.27 bits per heavy atom. The predicted molar refractivity (Wildman–Crippen MR) is 62.3 cm³/mol. The van der Waals surface area contributed by atoms with E-state index in [2.05, 4.69) is 48.1 Å². The third-order valence-electron chi connectivity index (χ3n) is 2.81. The highest BCUT2D eigenvalue weighted by Crippen LogP contribution is 2.27. The Balaban J connectivity index is 2.26. The Morgan fingerprint density at radius 3 is 2.93 bits per heavy atom. The van der Waals surface area contributed by atoms with Gasteiger partial charge in [-0.15, -0.1) is 0 Å². The molecule has 15 heavy (non-hydrogen) atoms. The van der Waals surface area contributed by atoms with Gasteiger partial charge in [-0.05, 0) is 24.6 Å². The predicted octanol–water partition coefficient (Wildman–Crippen LogP) is 2.92. The second-order valence-electron chi connectivity index (χ2n) is 3.71. The lowest BCUT2D eigenvalue weighted by Crippen LogP contribution is -2.24. The largest absolute Gasteiger partial charge is 0.366 e. The van der Waals surface area contributed by atoms with Crippen molar-refractivity contribution in [2.45, 2.75) is 19.4 Å². The zero-order valence-corrected chi connectivity index (χ0v) is 9.22. The van der Waals surface area contributed by atoms with Crippen LogP contribution >= 0.6 is 0 Å². The number of pyridine rings is 1. The zero-order chi connectivity index (χ0) is 10.7. The van der Waals surface area contributed by atoms with Gasteiger partial charge in [0.05, 0.1) is 11.7 Å². The first-order valence-corrected chi connectivity index (χ1v) is 5.34. The molecule has 1 aromatic rings. The Kier molecular flexibility index (Phi) is 2.86. The summed E-state index contributed by atoms with van der Waals surface area (Å²) in [6.45, 7) is 2.18. The molecule has 0 fully saturated rings. The number of hydrogen-bond acceptors (Lipinski definition) is 2. The van der Waals surface area contributed by atoms with Gasteiger partial charge < -0.3 is 4.90 Å². The molecule has 0 amide bonds. The number of rotatable bonds is 2. The number of aromatic nitrogens is 1. The van der Waals surface area contributed by atoms with Crippen LogP contribution in [0.1, 0.15) is 25.1 Å². The van der Waals surface area contributed by atoms with Gasteiger partial charge in [0.1, 0.15) is 0 Å². The van der Waals surface area contributed by atoms with Crippen molar-refractivity contribution in [3.63, 3.8) is 0 Å². The molecule has 0 spiro atoms. The quantitative estimate of drug-likeness (QED) is 0.729. The average molecular weight is 200 g/mol. The molecule has 2 heterocycles. The van der Waals surface area contributed by atoms with Gasteiger partial charge in [-0.2, -0.15) is 0 Å². The van der Waals surface area contributed by atoms with Gasteiger partial charge in [-0.3, -0.25) is 4.98 Å². The smallest absolute Gasteiger partial charge is 0.0894 e. The molecule has 0 bridgehead atoms. The van der Waals surface area contributed by atoms with Crippen molar-refractivity contribution in [1.29, 1.82) is 0 Å². The highest BCUT2D eigenvalue weighted by atomic mass is 15.1. The van der Waals surface area contributed by atoms with E-state index < -0.39 is 0 Å². The van der Waals surface area contributed by atoms with E-state index in [1.54, 1.807) is 0 Å². The number of nitrogens with zero attached hydrogens (tertiary/aromatic N) is 2. The van der Waals surface area contributed by atoms with Crippen LogP contribution in [-0.4, -0.2) is 16.9 Å². The van der Waals surface area contributed by atoms with Gasteiger partial charge >= 0.3 is 0 Å². The summed E-state index contributed by atoms with van der Waals surface area (Å²) in [5.41, 5.74) is 2.46. The topological polar surface area (TPSA) is 16.1 Å². The lowest BCUT2D eigenvalue weighted by molar-refractivity contribution is 0.340. The molecule has 2 nitrogen and oxygen atoms in total. The van der Waals surface area contributed by atoms with Crippen molar-refractivity contribution < 1.29 is 0 Å². The molecule has 1 aliphatic rings. The molecule has 1 aromatic heterocycles. The fraction of sp³-hybridized carbons (Fsp3) is 0.308. The molecule has 0 saturated carbocycles. The summed E-state index contributed by atoms with van der Waals surface area (Å²) in [6.07, 6.45) is 9.38. The van der Waals surface area contributed by atoms with Gasteiger partial charge in [0.15, 0.2) is 0 Å². The maximum Gasteiger partial charge on any atom is 0.0894 e. The highest BCUT2D eigenvalue weighted by molar-refractivity contribution is 5.26. The van der Waals surface area contributed by atoms with Crippen molar-refractivity contribution in [1.82, 2.24) is 9.88 Å². The fourth-order valence-corrected chi connectivity index (χ4v) is 1.91. The zero-order valence-electron chi connectivity index (χ0n) is 9.22. The van der Waals surface area contributed by atoms with Crippen LogP contribution in [0, 0.1) is 0 Å². The van der Waals surface area contributed by atoms with Crippen molar-refractivity contribution in [3.8, 4) is 0 Å². The third kappa shape index (κ3) is 1.94. The van der Waals surface area contributed by atoms with E-state index in [9.17, 15) is 0 Å². The second-order valence-corrected chi connectivity index (χ2v) is 3.71. The molecule has 78 valence electrons. The first-order valence-electron chi connectivity index (χ1n) is 5.34. The standard InChI is InChI=1S/C13H16N2/c1-3-11-7-6-9-13(15(11)2)12-8-4-5-10-14-12/h4-10,13H,3H2,1-2H3. The molecule has 1 aliphatic heterocycles. The van der Waals surface area contributed by atoms with Crippen LogP contribution in [0.3, 0.4) is 0 Å². The minimum absolute atomic E-state index is 0.283. The summed E-state index contributed by atoms with van der Waals surface area (Å²) in [7, 11) is 2.12. The summed E-state index contributed by atoms with van der Waals surface area (Å²) < 4.78 is 0. The average Bonchev–Trinajstić information content (AvgIpc) is 2.30. The van der Waals surface area contributed by atoms with E-state index in [4.69, 9.17) is 0 Å². The minimum Gasteiger partial charge on any atom is -0.366 e. The van der Waals surface area contributed by atoms with E-state index >= 15 is 0 Å². The van der Waals surface area contributed by atoms with Crippen molar-refractivity contribution in [3.05, 3.63) is 54.0 Å². The fourth-order valence-electron chi connectivity index (χ4n) is 1.91. The third-order valence-corrected chi connectivity index (χ3v) is 2.81. The Labute approximate surface area is 90.9 Å². The lowest BCUT2D eigenvalue weighted by Gasteiger charge is -2.31. The molecule has 0 radical (unpaired) electrons. The van der Waals surface area contributed by atoms with Crippen molar-refractivity contribution in [2.75, 3.05) is 7.05 Å². The van der Waals surface area contributed by atoms with Crippen LogP contribution in [-0.2, 0) is 0 Å². The SMILES string of the molecule is CCC1=CC=CC(c2ccccn2)N1C. The molecule has 0 saturated heterocycles. The van der Waals surface area contributed by atoms with Crippen LogP contribution in [0.2, 0.25) is 0 Å². The maximum absolute atomic E-state index is 4.40. The van der Waals surface area contributed by atoms with E-state index in [1.165, 1.54) is 5.70 Å². The monoisotopic (exact) mass is 200 g/mol. The van der Waals surface area contributed by atoms with Crippen LogP contribution < -0.4 is 0 Å². The van der Waals surface area contributed by atoms with Crippen molar-refractivity contribution >= 4 is 0 Å². The summed E-state index contributed by atoms with van der Waals surface area (Å²) in [4.78, 5) is 6.68. The van der Waals surface area contributed by atoms with Gasteiger partial charge in [0.2, 0.25) is 0 Å². The molecule has 0 N–H and O–H groups in total. The van der Waals surface area contributed by atoms with Gasteiger partial charge in [-0.25, -0.2) is 0 Å². The Morgan fingerprint density at radius 1 is 1.40 bits per heavy atom. The lowest BCUT2D eigenvalue weighted by atomic mass is 10.1. The molecule has 1 unspecified atom stereocenters. The first kappa shape index (κ1) is 9.97. The summed E-state index contributed by atoms with van der Waals surface area (Å²) in [5.74, 6) is 0. The summed E-state index contributed by atoms with van der Waals surface area (Å²) >= 11 is 0. The highest BCUT2D eigenvalue weighted by Gasteiger charge is 2.18. The first-order chi connectivity index (χ1) is 7.33. The van der Waals surface area contributed by atoms with Crippen LogP contribution in [0.4, 0.5) is 0 Å². The van der Waals surface area contributed by atoms with E-state index in [-0.39, 0.29) is 6.04 Å². The van der Waals surface area contributed by atoms with E-state index in [0.29, 0.717) is 0 Å². The molecule has 2 rings (SSSR count). The van der Waals surface area contributed by atoms with Gasteiger partial charge in [0.25, 0.3) is 0 Å². The van der Waals surface area contributed by atoms with Gasteiger partial charge in [0, 0.05) is 18.9 Å². The maximum atomic E-state index is 4.40. The van der Waals surface area contributed by atoms with Crippen LogP contribution in [0.25, 0.3) is 0 Å². The molecule has 0 aliphatic carbocycles. The normalized spacial score (nSPS) is 20.3. The minimum atomic E-state index is 0.283.